The number of nitrogens with one attached hydrogen (secondary N) is 1. The van der Waals surface area contributed by atoms with Gasteiger partial charge in [0, 0.05) is 34.9 Å². The largest absolute Gasteiger partial charge is 0.464 e. The fourth-order valence-electron chi connectivity index (χ4n) is 4.93. The van der Waals surface area contributed by atoms with E-state index in [1.165, 1.54) is 0 Å². The van der Waals surface area contributed by atoms with Crippen molar-refractivity contribution in [3.05, 3.63) is 127 Å². The summed E-state index contributed by atoms with van der Waals surface area (Å²) in [5, 5.41) is 4.00. The van der Waals surface area contributed by atoms with Crippen LogP contribution in [-0.2, 0) is 6.54 Å². The summed E-state index contributed by atoms with van der Waals surface area (Å²) >= 11 is 0. The van der Waals surface area contributed by atoms with Crippen LogP contribution in [0.25, 0.3) is 50.5 Å². The van der Waals surface area contributed by atoms with Crippen LogP contribution in [-0.4, -0.2) is 25.4 Å². The van der Waals surface area contributed by atoms with E-state index in [0.29, 0.717) is 35.0 Å². The quantitative estimate of drug-likeness (QED) is 0.254. The van der Waals surface area contributed by atoms with Gasteiger partial charge in [-0.25, -0.2) is 15.0 Å². The van der Waals surface area contributed by atoms with E-state index >= 15 is 0 Å². The molecule has 41 heavy (non-hydrogen) atoms. The van der Waals surface area contributed by atoms with Gasteiger partial charge in [0.15, 0.2) is 11.5 Å². The van der Waals surface area contributed by atoms with E-state index in [4.69, 9.17) is 20.1 Å². The predicted molar refractivity (Wildman–Crippen MR) is 159 cm³/mol. The number of pyridine rings is 2. The molecule has 4 heterocycles. The van der Waals surface area contributed by atoms with Crippen molar-refractivity contribution in [2.24, 2.45) is 0 Å². The fraction of sp³-hybridized carbons (Fsp3) is 0.0303. The molecule has 7 rings (SSSR count). The van der Waals surface area contributed by atoms with Gasteiger partial charge in [0.1, 0.15) is 16.9 Å². The number of benzene rings is 3. The Labute approximate surface area is 235 Å². The van der Waals surface area contributed by atoms with E-state index in [0.717, 1.165) is 39.0 Å². The Bertz CT molecular complexity index is 2030. The Balaban J connectivity index is 1.24. The first-order chi connectivity index (χ1) is 20.1. The molecule has 8 nitrogen and oxygen atoms in total. The van der Waals surface area contributed by atoms with Gasteiger partial charge in [-0.15, -0.1) is 0 Å². The number of nitrogens with zero attached hydrogens (tertiary/aromatic N) is 4. The number of nitrogens with two attached hydrogens (primary N) is 1. The van der Waals surface area contributed by atoms with Crippen molar-refractivity contribution in [1.82, 2.24) is 24.8 Å². The molecule has 0 radical (unpaired) electrons. The van der Waals surface area contributed by atoms with E-state index in [2.05, 4.69) is 10.3 Å². The van der Waals surface area contributed by atoms with Crippen LogP contribution in [0.1, 0.15) is 15.9 Å². The van der Waals surface area contributed by atoms with Gasteiger partial charge in [0.25, 0.3) is 5.91 Å². The van der Waals surface area contributed by atoms with Gasteiger partial charge in [0.05, 0.1) is 17.5 Å². The third kappa shape index (κ3) is 4.57. The Morgan fingerprint density at radius 3 is 2.56 bits per heavy atom. The fourth-order valence-corrected chi connectivity index (χ4v) is 4.93. The Morgan fingerprint density at radius 1 is 0.878 bits per heavy atom. The number of aromatic nitrogens is 4. The monoisotopic (exact) mass is 536 g/mol. The van der Waals surface area contributed by atoms with Crippen molar-refractivity contribution in [3.8, 4) is 28.3 Å². The molecule has 0 saturated heterocycles. The minimum Gasteiger partial charge on any atom is -0.464 e. The lowest BCUT2D eigenvalue weighted by molar-refractivity contribution is 0.0951. The van der Waals surface area contributed by atoms with Crippen molar-refractivity contribution >= 4 is 33.9 Å². The number of furan rings is 1. The summed E-state index contributed by atoms with van der Waals surface area (Å²) in [5.41, 5.74) is 13.4. The molecule has 0 aliphatic carbocycles. The van der Waals surface area contributed by atoms with Gasteiger partial charge >= 0.3 is 0 Å². The van der Waals surface area contributed by atoms with Crippen LogP contribution in [0.15, 0.2) is 120 Å². The predicted octanol–water partition coefficient (Wildman–Crippen LogP) is 6.41. The second-order valence-electron chi connectivity index (χ2n) is 9.63. The smallest absolute Gasteiger partial charge is 0.251 e. The molecule has 4 aromatic heterocycles. The number of fused-ring (bicyclic) bond motifs is 2. The highest BCUT2D eigenvalue weighted by Crippen LogP contribution is 2.31. The van der Waals surface area contributed by atoms with E-state index in [-0.39, 0.29) is 5.91 Å². The summed E-state index contributed by atoms with van der Waals surface area (Å²) in [4.78, 5) is 27.1. The molecule has 1 amide bonds. The number of imidazole rings is 1. The average molecular weight is 537 g/mol. The lowest BCUT2D eigenvalue weighted by Crippen LogP contribution is -2.22. The number of hydrogen-bond acceptors (Lipinski definition) is 6. The molecule has 0 aliphatic heterocycles. The summed E-state index contributed by atoms with van der Waals surface area (Å²) in [7, 11) is 0. The molecule has 0 saturated carbocycles. The summed E-state index contributed by atoms with van der Waals surface area (Å²) in [6.07, 6.45) is 3.31. The van der Waals surface area contributed by atoms with Gasteiger partial charge in [0.2, 0.25) is 0 Å². The molecule has 0 unspecified atom stereocenters. The minimum atomic E-state index is -0.166. The molecule has 0 atom stereocenters. The highest BCUT2D eigenvalue weighted by atomic mass is 16.3. The highest BCUT2D eigenvalue weighted by Gasteiger charge is 2.19. The summed E-state index contributed by atoms with van der Waals surface area (Å²) < 4.78 is 7.36. The first kappa shape index (κ1) is 24.3. The highest BCUT2D eigenvalue weighted by molar-refractivity contribution is 5.94. The molecule has 7 aromatic rings. The van der Waals surface area contributed by atoms with E-state index in [9.17, 15) is 4.79 Å². The molecule has 0 spiro atoms. The normalized spacial score (nSPS) is 11.2. The first-order valence-electron chi connectivity index (χ1n) is 13.1. The van der Waals surface area contributed by atoms with Crippen molar-refractivity contribution < 1.29 is 9.21 Å². The van der Waals surface area contributed by atoms with Gasteiger partial charge in [-0.2, -0.15) is 0 Å². The number of hydrogen-bond donors (Lipinski definition) is 2. The number of rotatable bonds is 6. The van der Waals surface area contributed by atoms with Crippen LogP contribution in [0.2, 0.25) is 0 Å². The van der Waals surface area contributed by atoms with Gasteiger partial charge in [-0.3, -0.25) is 9.36 Å². The maximum Gasteiger partial charge on any atom is 0.251 e. The van der Waals surface area contributed by atoms with Crippen LogP contribution < -0.4 is 11.1 Å². The van der Waals surface area contributed by atoms with Crippen LogP contribution in [0, 0.1) is 0 Å². The van der Waals surface area contributed by atoms with E-state index in [1.807, 2.05) is 95.6 Å². The van der Waals surface area contributed by atoms with Crippen LogP contribution in [0.4, 0.5) is 5.82 Å². The molecule has 3 N–H and O–H groups in total. The number of nitrogen functional groups attached to an aromatic ring is 1. The third-order valence-electron chi connectivity index (χ3n) is 7.01. The van der Waals surface area contributed by atoms with Crippen molar-refractivity contribution in [2.45, 2.75) is 6.54 Å². The Hall–Kier alpha value is -5.76. The second-order valence-corrected chi connectivity index (χ2v) is 9.63. The SMILES string of the molecule is Nc1ncccc1-c1nc2ccc(-c3ccccc3)nc2n1-c1ccc(C(=O)NCc2ccc3occc3c2)cc1. The third-order valence-corrected chi connectivity index (χ3v) is 7.01. The molecular formula is C33H24N6O2. The maximum absolute atomic E-state index is 13.0. The zero-order chi connectivity index (χ0) is 27.8. The van der Waals surface area contributed by atoms with E-state index < -0.39 is 0 Å². The number of anilines is 1. The van der Waals surface area contributed by atoms with E-state index in [1.54, 1.807) is 24.6 Å². The van der Waals surface area contributed by atoms with Crippen molar-refractivity contribution in [1.29, 1.82) is 0 Å². The zero-order valence-corrected chi connectivity index (χ0v) is 21.9. The second kappa shape index (κ2) is 10.1. The topological polar surface area (TPSA) is 112 Å². The molecule has 3 aromatic carbocycles. The molecular weight excluding hydrogens is 512 g/mol. The molecule has 0 aliphatic rings. The van der Waals surface area contributed by atoms with Crippen LogP contribution >= 0.6 is 0 Å². The van der Waals surface area contributed by atoms with Crippen molar-refractivity contribution in [2.75, 3.05) is 5.73 Å². The molecule has 8 heteroatoms. The number of amides is 1. The molecule has 0 bridgehead atoms. The summed E-state index contributed by atoms with van der Waals surface area (Å²) in [5.74, 6) is 0.827. The molecule has 198 valence electrons. The van der Waals surface area contributed by atoms with Gasteiger partial charge in [-0.05, 0) is 72.3 Å². The summed E-state index contributed by atoms with van der Waals surface area (Å²) in [6.45, 7) is 0.407. The first-order valence-corrected chi connectivity index (χ1v) is 13.1. The van der Waals surface area contributed by atoms with Crippen LogP contribution in [0.3, 0.4) is 0 Å². The standard InChI is InChI=1S/C33H24N6O2/c34-30-26(7-4-17-35-30)31-38-28-14-13-27(22-5-2-1-3-6-22)37-32(28)39(31)25-11-9-23(10-12-25)33(40)36-20-21-8-15-29-24(19-21)16-18-41-29/h1-19H,20H2,(H2,34,35)(H,36,40). The van der Waals surface area contributed by atoms with Gasteiger partial charge < -0.3 is 15.5 Å². The van der Waals surface area contributed by atoms with Crippen LogP contribution in [0.5, 0.6) is 0 Å². The Morgan fingerprint density at radius 2 is 1.73 bits per heavy atom. The summed E-state index contributed by atoms with van der Waals surface area (Å²) in [6, 6.07) is 32.8. The lowest BCUT2D eigenvalue weighted by Gasteiger charge is -2.12. The maximum atomic E-state index is 13.0. The lowest BCUT2D eigenvalue weighted by atomic mass is 10.1. The molecule has 0 fully saturated rings. The number of carbonyl (C=O) groups excluding carboxylic acids is 1. The van der Waals surface area contributed by atoms with Gasteiger partial charge in [-0.1, -0.05) is 36.4 Å². The zero-order valence-electron chi connectivity index (χ0n) is 21.9. The average Bonchev–Trinajstić information content (AvgIpc) is 3.64. The van der Waals surface area contributed by atoms with Crippen molar-refractivity contribution in [3.63, 3.8) is 0 Å². The number of carbonyl (C=O) groups is 1. The minimum absolute atomic E-state index is 0.166. The Kier molecular flexibility index (Phi) is 5.98.